The molecule has 1 fully saturated rings. The molecule has 0 aliphatic heterocycles. The van der Waals surface area contributed by atoms with Gasteiger partial charge in [0.05, 0.1) is 11.4 Å². The van der Waals surface area contributed by atoms with E-state index in [0.29, 0.717) is 31.6 Å². The number of likely N-dealkylation sites (N-methyl/N-ethyl adjacent to an activating group) is 1. The first-order valence-electron chi connectivity index (χ1n) is 10.2. The van der Waals surface area contributed by atoms with Crippen LogP contribution in [-0.2, 0) is 4.79 Å². The molecular formula is C21H28BrN5O2. The van der Waals surface area contributed by atoms with E-state index in [2.05, 4.69) is 31.6 Å². The van der Waals surface area contributed by atoms with Crippen LogP contribution in [0.25, 0.3) is 5.69 Å². The number of rotatable bonds is 6. The lowest BCUT2D eigenvalue weighted by atomic mass is 9.80. The number of carbonyl (C=O) groups excluding carboxylic acids is 2. The lowest BCUT2D eigenvalue weighted by Gasteiger charge is -2.39. The summed E-state index contributed by atoms with van der Waals surface area (Å²) in [6.45, 7) is 7.01. The Morgan fingerprint density at radius 2 is 1.90 bits per heavy atom. The second kappa shape index (κ2) is 9.07. The predicted octanol–water partition coefficient (Wildman–Crippen LogP) is 3.64. The first kappa shape index (κ1) is 21.5. The maximum atomic E-state index is 13.3. The normalized spacial score (nSPS) is 15.7. The molecule has 0 saturated heterocycles. The molecule has 0 unspecified atom stereocenters. The van der Waals surface area contributed by atoms with Gasteiger partial charge >= 0.3 is 0 Å². The van der Waals surface area contributed by atoms with Gasteiger partial charge in [-0.15, -0.1) is 5.10 Å². The highest BCUT2D eigenvalue weighted by molar-refractivity contribution is 9.10. The average Bonchev–Trinajstić information content (AvgIpc) is 3.11. The third-order valence-corrected chi connectivity index (χ3v) is 6.18. The zero-order chi connectivity index (χ0) is 21.0. The summed E-state index contributed by atoms with van der Waals surface area (Å²) in [4.78, 5) is 28.2. The molecule has 3 rings (SSSR count). The first-order valence-corrected chi connectivity index (χ1v) is 11.0. The van der Waals surface area contributed by atoms with Crippen molar-refractivity contribution in [3.05, 3.63) is 40.1 Å². The van der Waals surface area contributed by atoms with E-state index in [4.69, 9.17) is 0 Å². The summed E-state index contributed by atoms with van der Waals surface area (Å²) in [5, 5.41) is 11.3. The maximum absolute atomic E-state index is 13.3. The van der Waals surface area contributed by atoms with E-state index >= 15 is 0 Å². The number of aromatic nitrogens is 3. The molecule has 1 aliphatic carbocycles. The van der Waals surface area contributed by atoms with Crippen LogP contribution in [-0.4, -0.2) is 50.3 Å². The third kappa shape index (κ3) is 4.37. The van der Waals surface area contributed by atoms with Crippen LogP contribution in [0, 0.1) is 6.92 Å². The fourth-order valence-electron chi connectivity index (χ4n) is 4.03. The molecule has 0 atom stereocenters. The van der Waals surface area contributed by atoms with Crippen molar-refractivity contribution < 1.29 is 9.59 Å². The molecule has 7 nitrogen and oxygen atoms in total. The highest BCUT2D eigenvalue weighted by atomic mass is 79.9. The van der Waals surface area contributed by atoms with Crippen molar-refractivity contribution in [2.24, 2.45) is 0 Å². The van der Waals surface area contributed by atoms with Crippen LogP contribution in [0.5, 0.6) is 0 Å². The Balaban J connectivity index is 1.88. The molecule has 1 heterocycles. The lowest BCUT2D eigenvalue weighted by molar-refractivity contribution is -0.139. The Labute approximate surface area is 180 Å². The molecule has 1 saturated carbocycles. The summed E-state index contributed by atoms with van der Waals surface area (Å²) in [7, 11) is 0. The predicted molar refractivity (Wildman–Crippen MR) is 115 cm³/mol. The molecule has 2 aromatic rings. The minimum atomic E-state index is -0.854. The van der Waals surface area contributed by atoms with Gasteiger partial charge in [0.2, 0.25) is 5.91 Å². The fraction of sp³-hybridized carbons (Fsp3) is 0.524. The van der Waals surface area contributed by atoms with Crippen molar-refractivity contribution >= 4 is 27.7 Å². The Bertz CT molecular complexity index is 885. The van der Waals surface area contributed by atoms with E-state index in [1.165, 1.54) is 0 Å². The van der Waals surface area contributed by atoms with Gasteiger partial charge in [0.1, 0.15) is 5.54 Å². The summed E-state index contributed by atoms with van der Waals surface area (Å²) < 4.78 is 2.56. The van der Waals surface area contributed by atoms with Crippen LogP contribution in [0.1, 0.15) is 62.1 Å². The number of nitrogens with zero attached hydrogens (tertiary/aromatic N) is 4. The summed E-state index contributed by atoms with van der Waals surface area (Å²) in [5.74, 6) is -0.335. The molecule has 1 aromatic carbocycles. The van der Waals surface area contributed by atoms with Gasteiger partial charge in [-0.2, -0.15) is 0 Å². The number of nitrogens with one attached hydrogen (secondary N) is 1. The second-order valence-electron chi connectivity index (χ2n) is 7.49. The van der Waals surface area contributed by atoms with E-state index in [1.54, 1.807) is 9.58 Å². The monoisotopic (exact) mass is 461 g/mol. The quantitative estimate of drug-likeness (QED) is 0.711. The average molecular weight is 462 g/mol. The van der Waals surface area contributed by atoms with Gasteiger partial charge in [-0.25, -0.2) is 4.68 Å². The Hall–Kier alpha value is -2.22. The zero-order valence-electron chi connectivity index (χ0n) is 17.2. The highest BCUT2D eigenvalue weighted by Gasteiger charge is 2.43. The second-order valence-corrected chi connectivity index (χ2v) is 8.41. The summed E-state index contributed by atoms with van der Waals surface area (Å²) in [6.07, 6.45) is 4.26. The van der Waals surface area contributed by atoms with Crippen LogP contribution < -0.4 is 5.32 Å². The maximum Gasteiger partial charge on any atom is 0.274 e. The Morgan fingerprint density at radius 1 is 1.21 bits per heavy atom. The molecule has 0 bridgehead atoms. The van der Waals surface area contributed by atoms with Crippen LogP contribution in [0.2, 0.25) is 0 Å². The summed E-state index contributed by atoms with van der Waals surface area (Å²) in [6, 6.07) is 7.64. The SMILES string of the molecule is CCN(CC)C(=O)C1(NC(=O)c2nnn(-c3cccc(Br)c3)c2C)CCCCC1. The number of hydrogen-bond acceptors (Lipinski definition) is 4. The fourth-order valence-corrected chi connectivity index (χ4v) is 4.42. The third-order valence-electron chi connectivity index (χ3n) is 5.68. The van der Waals surface area contributed by atoms with Gasteiger partial charge < -0.3 is 10.2 Å². The molecule has 0 spiro atoms. The number of halogens is 1. The molecule has 1 aliphatic rings. The van der Waals surface area contributed by atoms with Gasteiger partial charge in [-0.3, -0.25) is 9.59 Å². The molecule has 29 heavy (non-hydrogen) atoms. The number of benzene rings is 1. The van der Waals surface area contributed by atoms with Crippen LogP contribution in [0.4, 0.5) is 0 Å². The van der Waals surface area contributed by atoms with Crippen molar-refractivity contribution in [1.82, 2.24) is 25.2 Å². The molecule has 156 valence electrons. The van der Waals surface area contributed by atoms with Gasteiger partial charge in [-0.1, -0.05) is 46.5 Å². The molecule has 1 aromatic heterocycles. The van der Waals surface area contributed by atoms with E-state index in [0.717, 1.165) is 29.4 Å². The molecule has 0 radical (unpaired) electrons. The van der Waals surface area contributed by atoms with Gasteiger partial charge in [-0.05, 0) is 51.8 Å². The Morgan fingerprint density at radius 3 is 2.52 bits per heavy atom. The molecular weight excluding hydrogens is 434 g/mol. The number of carbonyl (C=O) groups is 2. The van der Waals surface area contributed by atoms with Crippen molar-refractivity contribution in [1.29, 1.82) is 0 Å². The van der Waals surface area contributed by atoms with Crippen molar-refractivity contribution in [2.75, 3.05) is 13.1 Å². The van der Waals surface area contributed by atoms with Crippen molar-refractivity contribution in [3.63, 3.8) is 0 Å². The minimum Gasteiger partial charge on any atom is -0.341 e. The lowest BCUT2D eigenvalue weighted by Crippen LogP contribution is -2.60. The summed E-state index contributed by atoms with van der Waals surface area (Å²) >= 11 is 3.45. The molecule has 1 N–H and O–H groups in total. The van der Waals surface area contributed by atoms with E-state index in [-0.39, 0.29) is 17.5 Å². The highest BCUT2D eigenvalue weighted by Crippen LogP contribution is 2.31. The van der Waals surface area contributed by atoms with Crippen LogP contribution in [0.15, 0.2) is 28.7 Å². The van der Waals surface area contributed by atoms with E-state index < -0.39 is 5.54 Å². The van der Waals surface area contributed by atoms with Crippen molar-refractivity contribution in [3.8, 4) is 5.69 Å². The smallest absolute Gasteiger partial charge is 0.274 e. The van der Waals surface area contributed by atoms with Gasteiger partial charge in [0, 0.05) is 17.6 Å². The van der Waals surface area contributed by atoms with E-state index in [1.807, 2.05) is 45.0 Å². The minimum absolute atomic E-state index is 0.00702. The molecule has 2 amide bonds. The molecule has 8 heteroatoms. The van der Waals surface area contributed by atoms with Crippen molar-refractivity contribution in [2.45, 2.75) is 58.4 Å². The zero-order valence-corrected chi connectivity index (χ0v) is 18.8. The van der Waals surface area contributed by atoms with Gasteiger partial charge in [0.15, 0.2) is 5.69 Å². The topological polar surface area (TPSA) is 80.1 Å². The standard InChI is InChI=1S/C21H28BrN5O2/c1-4-26(5-2)20(29)21(12-7-6-8-13-21)23-19(28)18-15(3)27(25-24-18)17-11-9-10-16(22)14-17/h9-11,14H,4-8,12-13H2,1-3H3,(H,23,28). The van der Waals surface area contributed by atoms with Crippen LogP contribution >= 0.6 is 15.9 Å². The van der Waals surface area contributed by atoms with Gasteiger partial charge in [0.25, 0.3) is 5.91 Å². The number of amides is 2. The first-order chi connectivity index (χ1) is 13.9. The summed E-state index contributed by atoms with van der Waals surface area (Å²) in [5.41, 5.74) is 0.854. The van der Waals surface area contributed by atoms with E-state index in [9.17, 15) is 9.59 Å². The number of hydrogen-bond donors (Lipinski definition) is 1. The van der Waals surface area contributed by atoms with Crippen LogP contribution in [0.3, 0.4) is 0 Å². The Kier molecular flexibility index (Phi) is 6.72. The largest absolute Gasteiger partial charge is 0.341 e.